The van der Waals surface area contributed by atoms with Gasteiger partial charge in [-0.3, -0.25) is 0 Å². The molecule has 0 unspecified atom stereocenters. The maximum Gasteiger partial charge on any atom is 0.158 e. The predicted molar refractivity (Wildman–Crippen MR) is 71.3 cm³/mol. The van der Waals surface area contributed by atoms with Crippen LogP contribution in [0.4, 0.5) is 11.6 Å². The number of hydrogen-bond acceptors (Lipinski definition) is 7. The Balaban J connectivity index is 2.06. The van der Waals surface area contributed by atoms with Crippen LogP contribution in [0, 0.1) is 6.92 Å². The second-order valence-corrected chi connectivity index (χ2v) is 3.98. The molecule has 0 aliphatic carbocycles. The van der Waals surface area contributed by atoms with Crippen molar-refractivity contribution in [1.82, 2.24) is 19.9 Å². The van der Waals surface area contributed by atoms with Crippen molar-refractivity contribution in [2.75, 3.05) is 18.2 Å². The third kappa shape index (κ3) is 3.85. The fourth-order valence-corrected chi connectivity index (χ4v) is 1.59. The average Bonchev–Trinajstić information content (AvgIpc) is 2.36. The number of nitrogen functional groups attached to an aromatic ring is 1. The van der Waals surface area contributed by atoms with E-state index in [-0.39, 0.29) is 0 Å². The van der Waals surface area contributed by atoms with E-state index < -0.39 is 0 Å². The molecule has 0 aliphatic heterocycles. The minimum atomic E-state index is 0.326. The highest BCUT2D eigenvalue weighted by Crippen LogP contribution is 2.10. The zero-order chi connectivity index (χ0) is 13.7. The maximum absolute atomic E-state index is 5.71. The molecule has 7 heteroatoms. The summed E-state index contributed by atoms with van der Waals surface area (Å²) in [5.74, 6) is 2.34. The van der Waals surface area contributed by atoms with Crippen molar-refractivity contribution in [2.45, 2.75) is 20.1 Å². The fraction of sp³-hybridized carbons (Fsp3) is 0.333. The van der Waals surface area contributed by atoms with E-state index in [1.807, 2.05) is 13.0 Å². The highest BCUT2D eigenvalue weighted by atomic mass is 16.5. The number of ether oxygens (including phenoxy) is 1. The van der Waals surface area contributed by atoms with Crippen molar-refractivity contribution in [1.29, 1.82) is 0 Å². The largest absolute Gasteiger partial charge is 0.384 e. The maximum atomic E-state index is 5.71. The lowest BCUT2D eigenvalue weighted by atomic mass is 10.4. The molecule has 3 N–H and O–H groups in total. The lowest BCUT2D eigenvalue weighted by Gasteiger charge is -2.08. The van der Waals surface area contributed by atoms with E-state index in [9.17, 15) is 0 Å². The van der Waals surface area contributed by atoms with Gasteiger partial charge in [0.15, 0.2) is 5.82 Å². The van der Waals surface area contributed by atoms with Crippen LogP contribution in [0.25, 0.3) is 0 Å². The summed E-state index contributed by atoms with van der Waals surface area (Å²) in [4.78, 5) is 16.7. The van der Waals surface area contributed by atoms with Crippen LogP contribution in [0.3, 0.4) is 0 Å². The van der Waals surface area contributed by atoms with E-state index in [0.29, 0.717) is 30.6 Å². The first-order valence-corrected chi connectivity index (χ1v) is 5.82. The van der Waals surface area contributed by atoms with E-state index in [2.05, 4.69) is 25.3 Å². The smallest absolute Gasteiger partial charge is 0.158 e. The van der Waals surface area contributed by atoms with E-state index in [1.54, 1.807) is 19.4 Å². The minimum Gasteiger partial charge on any atom is -0.384 e. The van der Waals surface area contributed by atoms with Gasteiger partial charge in [0.1, 0.15) is 24.1 Å². The second-order valence-electron chi connectivity index (χ2n) is 3.98. The van der Waals surface area contributed by atoms with Crippen LogP contribution in [0.5, 0.6) is 0 Å². The van der Waals surface area contributed by atoms with Crippen molar-refractivity contribution >= 4 is 11.6 Å². The molecule has 0 radical (unpaired) electrons. The van der Waals surface area contributed by atoms with Gasteiger partial charge in [-0.1, -0.05) is 0 Å². The summed E-state index contributed by atoms with van der Waals surface area (Å²) in [7, 11) is 1.59. The molecule has 2 aromatic rings. The zero-order valence-corrected chi connectivity index (χ0v) is 10.9. The molecule has 0 amide bonds. The Hall–Kier alpha value is -2.28. The summed E-state index contributed by atoms with van der Waals surface area (Å²) >= 11 is 0. The summed E-state index contributed by atoms with van der Waals surface area (Å²) in [6.07, 6.45) is 1.73. The molecule has 0 aromatic carbocycles. The number of hydrogen-bond donors (Lipinski definition) is 2. The van der Waals surface area contributed by atoms with E-state index in [1.165, 1.54) is 0 Å². The number of aryl methyl sites for hydroxylation is 1. The normalized spacial score (nSPS) is 10.4. The van der Waals surface area contributed by atoms with Gasteiger partial charge in [-0.25, -0.2) is 19.9 Å². The van der Waals surface area contributed by atoms with Crippen LogP contribution in [0.1, 0.15) is 17.3 Å². The van der Waals surface area contributed by atoms with Crippen molar-refractivity contribution < 1.29 is 4.74 Å². The fourth-order valence-electron chi connectivity index (χ4n) is 1.59. The van der Waals surface area contributed by atoms with E-state index in [4.69, 9.17) is 10.5 Å². The molecule has 2 aromatic heterocycles. The molecular formula is C12H16N6O. The first kappa shape index (κ1) is 13.2. The molecule has 0 saturated carbocycles. The van der Waals surface area contributed by atoms with Crippen LogP contribution in [0.15, 0.2) is 18.3 Å². The zero-order valence-electron chi connectivity index (χ0n) is 10.9. The summed E-state index contributed by atoms with van der Waals surface area (Å²) in [5.41, 5.74) is 6.60. The summed E-state index contributed by atoms with van der Waals surface area (Å²) < 4.78 is 4.99. The molecule has 0 saturated heterocycles. The van der Waals surface area contributed by atoms with Crippen molar-refractivity contribution in [3.05, 3.63) is 35.7 Å². The van der Waals surface area contributed by atoms with Gasteiger partial charge in [-0.05, 0) is 13.0 Å². The Morgan fingerprint density at radius 2 is 2.16 bits per heavy atom. The molecular weight excluding hydrogens is 244 g/mol. The predicted octanol–water partition coefficient (Wildman–Crippen LogP) is 0.916. The van der Waals surface area contributed by atoms with Gasteiger partial charge in [0.05, 0.1) is 12.2 Å². The molecule has 19 heavy (non-hydrogen) atoms. The van der Waals surface area contributed by atoms with Gasteiger partial charge in [0.25, 0.3) is 0 Å². The number of methoxy groups -OCH3 is 1. The molecule has 0 atom stereocenters. The van der Waals surface area contributed by atoms with Crippen LogP contribution in [-0.4, -0.2) is 27.0 Å². The number of rotatable bonds is 5. The average molecular weight is 260 g/mol. The van der Waals surface area contributed by atoms with Crippen molar-refractivity contribution in [3.8, 4) is 0 Å². The third-order valence-corrected chi connectivity index (χ3v) is 2.35. The van der Waals surface area contributed by atoms with Gasteiger partial charge >= 0.3 is 0 Å². The molecule has 7 nitrogen and oxygen atoms in total. The van der Waals surface area contributed by atoms with Crippen LogP contribution < -0.4 is 11.1 Å². The Morgan fingerprint density at radius 3 is 2.89 bits per heavy atom. The lowest BCUT2D eigenvalue weighted by molar-refractivity contribution is 0.178. The Morgan fingerprint density at radius 1 is 1.32 bits per heavy atom. The summed E-state index contributed by atoms with van der Waals surface area (Å²) in [6, 6.07) is 3.52. The Labute approximate surface area is 111 Å². The van der Waals surface area contributed by atoms with Gasteiger partial charge in [0.2, 0.25) is 0 Å². The van der Waals surface area contributed by atoms with Crippen LogP contribution in [0.2, 0.25) is 0 Å². The number of anilines is 2. The quantitative estimate of drug-likeness (QED) is 0.824. The van der Waals surface area contributed by atoms with Crippen molar-refractivity contribution in [3.63, 3.8) is 0 Å². The number of nitrogens with one attached hydrogen (secondary N) is 1. The number of nitrogens with two attached hydrogens (primary N) is 1. The SMILES string of the molecule is COCc1nc(N)cc(NCc2ccnc(C)n2)n1. The third-order valence-electron chi connectivity index (χ3n) is 2.35. The Kier molecular flexibility index (Phi) is 4.19. The first-order valence-electron chi connectivity index (χ1n) is 5.82. The van der Waals surface area contributed by atoms with Gasteiger partial charge < -0.3 is 15.8 Å². The van der Waals surface area contributed by atoms with Crippen LogP contribution >= 0.6 is 0 Å². The minimum absolute atomic E-state index is 0.326. The van der Waals surface area contributed by atoms with Gasteiger partial charge in [0, 0.05) is 19.4 Å². The Bertz CT molecular complexity index is 560. The first-order chi connectivity index (χ1) is 9.17. The van der Waals surface area contributed by atoms with Crippen molar-refractivity contribution in [2.24, 2.45) is 0 Å². The van der Waals surface area contributed by atoms with Gasteiger partial charge in [-0.15, -0.1) is 0 Å². The summed E-state index contributed by atoms with van der Waals surface area (Å²) in [5, 5.41) is 3.15. The molecule has 0 bridgehead atoms. The molecule has 2 rings (SSSR count). The molecule has 100 valence electrons. The molecule has 2 heterocycles. The topological polar surface area (TPSA) is 98.8 Å². The molecule has 0 aliphatic rings. The highest BCUT2D eigenvalue weighted by Gasteiger charge is 2.03. The molecule has 0 fully saturated rings. The second kappa shape index (κ2) is 6.05. The van der Waals surface area contributed by atoms with Crippen LogP contribution in [-0.2, 0) is 17.9 Å². The number of nitrogens with zero attached hydrogens (tertiary/aromatic N) is 4. The standard InChI is InChI=1S/C12H16N6O/c1-8-14-4-3-9(16-8)6-15-11-5-10(13)17-12(18-11)7-19-2/h3-5H,6-7H2,1-2H3,(H3,13,15,17,18). The molecule has 0 spiro atoms. The summed E-state index contributed by atoms with van der Waals surface area (Å²) in [6.45, 7) is 2.72. The van der Waals surface area contributed by atoms with Gasteiger partial charge in [-0.2, -0.15) is 0 Å². The monoisotopic (exact) mass is 260 g/mol. The van der Waals surface area contributed by atoms with E-state index in [0.717, 1.165) is 11.5 Å². The lowest BCUT2D eigenvalue weighted by Crippen LogP contribution is -2.08. The number of aromatic nitrogens is 4. The van der Waals surface area contributed by atoms with E-state index >= 15 is 0 Å². The highest BCUT2D eigenvalue weighted by molar-refractivity contribution is 5.44.